The van der Waals surface area contributed by atoms with Gasteiger partial charge in [-0.15, -0.1) is 0 Å². The number of nitrogens with one attached hydrogen (secondary N) is 3. The number of fused-ring (bicyclic) bond motifs is 1. The molecule has 10 heteroatoms. The maximum absolute atomic E-state index is 13.0. The third-order valence-corrected chi connectivity index (χ3v) is 5.14. The monoisotopic (exact) mass is 431 g/mol. The van der Waals surface area contributed by atoms with Crippen molar-refractivity contribution in [2.75, 3.05) is 11.2 Å². The fourth-order valence-electron chi connectivity index (χ4n) is 2.76. The zero-order chi connectivity index (χ0) is 21.7. The van der Waals surface area contributed by atoms with E-state index >= 15 is 0 Å². The average molecular weight is 431 g/mol. The zero-order valence-corrected chi connectivity index (χ0v) is 17.4. The molecule has 0 aliphatic rings. The Morgan fingerprint density at radius 1 is 1.23 bits per heavy atom. The minimum absolute atomic E-state index is 0.00774. The molecule has 0 atom stereocenters. The third kappa shape index (κ3) is 5.26. The molecule has 2 heterocycles. The summed E-state index contributed by atoms with van der Waals surface area (Å²) in [6, 6.07) is 7.56. The molecule has 0 aliphatic carbocycles. The van der Waals surface area contributed by atoms with Crippen molar-refractivity contribution in [2.45, 2.75) is 38.4 Å². The molecule has 0 unspecified atom stereocenters. The van der Waals surface area contributed by atoms with Gasteiger partial charge in [-0.05, 0) is 37.1 Å². The van der Waals surface area contributed by atoms with Gasteiger partial charge in [0.2, 0.25) is 11.8 Å². The molecule has 0 saturated heterocycles. The van der Waals surface area contributed by atoms with Gasteiger partial charge in [-0.1, -0.05) is 30.8 Å². The van der Waals surface area contributed by atoms with Gasteiger partial charge in [0, 0.05) is 18.7 Å². The summed E-state index contributed by atoms with van der Waals surface area (Å²) in [4.78, 5) is 44.5. The van der Waals surface area contributed by atoms with Crippen LogP contribution in [0, 0.1) is 12.7 Å². The van der Waals surface area contributed by atoms with Gasteiger partial charge < -0.3 is 10.3 Å². The molecular formula is C20H22FN5O3S. The molecule has 0 aliphatic heterocycles. The molecular weight excluding hydrogens is 409 g/mol. The van der Waals surface area contributed by atoms with E-state index in [1.807, 2.05) is 6.92 Å². The number of rotatable bonds is 8. The molecule has 0 bridgehead atoms. The Morgan fingerprint density at radius 3 is 2.67 bits per heavy atom. The number of carbonyl (C=O) groups is 2. The summed E-state index contributed by atoms with van der Waals surface area (Å²) in [6.07, 6.45) is 0.891. The molecule has 0 saturated carbocycles. The topological polar surface area (TPSA) is 109 Å². The average Bonchev–Trinajstić information content (AvgIpc) is 3.09. The van der Waals surface area contributed by atoms with Gasteiger partial charge in [-0.25, -0.2) is 9.37 Å². The number of halogens is 1. The van der Waals surface area contributed by atoms with Crippen LogP contribution in [0.15, 0.2) is 40.3 Å². The van der Waals surface area contributed by atoms with Crippen molar-refractivity contribution < 1.29 is 14.0 Å². The first-order chi connectivity index (χ1) is 14.4. The number of hydrogen-bond donors (Lipinski definition) is 3. The van der Waals surface area contributed by atoms with Crippen molar-refractivity contribution in [3.63, 3.8) is 0 Å². The lowest BCUT2D eigenvalue weighted by molar-refractivity contribution is -0.119. The van der Waals surface area contributed by atoms with Crippen LogP contribution in [-0.2, 0) is 16.1 Å². The van der Waals surface area contributed by atoms with Crippen LogP contribution in [0.4, 0.5) is 4.39 Å². The highest BCUT2D eigenvalue weighted by molar-refractivity contribution is 7.99. The smallest absolute Gasteiger partial charge is 0.297 e. The van der Waals surface area contributed by atoms with Crippen molar-refractivity contribution in [2.24, 2.45) is 0 Å². The number of aromatic nitrogens is 3. The second kappa shape index (κ2) is 9.57. The van der Waals surface area contributed by atoms with Crippen molar-refractivity contribution in [3.8, 4) is 0 Å². The van der Waals surface area contributed by atoms with Crippen molar-refractivity contribution in [1.29, 1.82) is 0 Å². The van der Waals surface area contributed by atoms with Gasteiger partial charge in [0.05, 0.1) is 11.3 Å². The highest BCUT2D eigenvalue weighted by Crippen LogP contribution is 2.17. The number of nitrogens with zero attached hydrogens (tertiary/aromatic N) is 2. The Hall–Kier alpha value is -3.14. The van der Waals surface area contributed by atoms with E-state index < -0.39 is 5.56 Å². The Kier molecular flexibility index (Phi) is 6.88. The Morgan fingerprint density at radius 2 is 1.97 bits per heavy atom. The van der Waals surface area contributed by atoms with Crippen LogP contribution in [0.2, 0.25) is 0 Å². The molecule has 3 rings (SSSR count). The van der Waals surface area contributed by atoms with E-state index in [2.05, 4.69) is 20.7 Å². The maximum Gasteiger partial charge on any atom is 0.297 e. The maximum atomic E-state index is 13.0. The summed E-state index contributed by atoms with van der Waals surface area (Å²) >= 11 is 1.04. The lowest BCUT2D eigenvalue weighted by Crippen LogP contribution is -2.35. The van der Waals surface area contributed by atoms with Crippen molar-refractivity contribution in [3.05, 3.63) is 57.8 Å². The highest BCUT2D eigenvalue weighted by atomic mass is 32.2. The minimum Gasteiger partial charge on any atom is -0.353 e. The molecule has 0 spiro atoms. The first-order valence-electron chi connectivity index (χ1n) is 9.43. The molecule has 2 amide bonds. The number of hydrogen-bond acceptors (Lipinski definition) is 5. The summed E-state index contributed by atoms with van der Waals surface area (Å²) < 4.78 is 14.0. The zero-order valence-electron chi connectivity index (χ0n) is 16.6. The van der Waals surface area contributed by atoms with Gasteiger partial charge in [0.1, 0.15) is 11.3 Å². The van der Waals surface area contributed by atoms with Crippen LogP contribution >= 0.6 is 11.8 Å². The van der Waals surface area contributed by atoms with E-state index in [0.29, 0.717) is 11.9 Å². The number of thioether (sulfide) groups is 1. The second-order valence-corrected chi connectivity index (χ2v) is 7.67. The fourth-order valence-corrected chi connectivity index (χ4v) is 3.55. The molecule has 3 aromatic rings. The predicted molar refractivity (Wildman–Crippen MR) is 113 cm³/mol. The van der Waals surface area contributed by atoms with Crippen LogP contribution in [0.1, 0.15) is 31.0 Å². The van der Waals surface area contributed by atoms with Gasteiger partial charge in [-0.2, -0.15) is 4.68 Å². The van der Waals surface area contributed by atoms with E-state index in [1.54, 1.807) is 25.1 Å². The van der Waals surface area contributed by atoms with Crippen LogP contribution < -0.4 is 16.3 Å². The van der Waals surface area contributed by atoms with Gasteiger partial charge in [-0.3, -0.25) is 19.8 Å². The van der Waals surface area contributed by atoms with Crippen LogP contribution in [0.25, 0.3) is 11.0 Å². The summed E-state index contributed by atoms with van der Waals surface area (Å²) in [5, 5.41) is 2.95. The Labute approximate surface area is 176 Å². The molecule has 8 nitrogen and oxygen atoms in total. The number of benzene rings is 1. The lowest BCUT2D eigenvalue weighted by Gasteiger charge is -2.13. The molecule has 30 heavy (non-hydrogen) atoms. The second-order valence-electron chi connectivity index (χ2n) is 6.72. The summed E-state index contributed by atoms with van der Waals surface area (Å²) in [5.41, 5.74) is 4.41. The third-order valence-electron chi connectivity index (χ3n) is 4.20. The lowest BCUT2D eigenvalue weighted by atomic mass is 10.2. The Balaban J connectivity index is 1.74. The van der Waals surface area contributed by atoms with Gasteiger partial charge >= 0.3 is 0 Å². The number of amides is 2. The van der Waals surface area contributed by atoms with Crippen LogP contribution in [0.5, 0.6) is 0 Å². The van der Waals surface area contributed by atoms with E-state index in [9.17, 15) is 18.8 Å². The quantitative estimate of drug-likeness (QED) is 0.375. The Bertz CT molecular complexity index is 1120. The van der Waals surface area contributed by atoms with Crippen LogP contribution in [-0.4, -0.2) is 32.2 Å². The SMILES string of the molecule is CCCC(=O)Nn1c(SCC(=O)NCc2ccc(F)cc2)nc2cc(C)[nH]c2c1=O. The predicted octanol–water partition coefficient (Wildman–Crippen LogP) is 2.45. The summed E-state index contributed by atoms with van der Waals surface area (Å²) in [7, 11) is 0. The standard InChI is InChI=1S/C20H22FN5O3S/c1-3-4-16(27)25-26-19(29)18-15(9-12(2)23-18)24-20(26)30-11-17(28)22-10-13-5-7-14(21)8-6-13/h5-9,23H,3-4,10-11H2,1-2H3,(H,22,28)(H,25,27). The number of carbonyl (C=O) groups excluding carboxylic acids is 2. The highest BCUT2D eigenvalue weighted by Gasteiger charge is 2.16. The number of aromatic amines is 1. The molecule has 158 valence electrons. The molecule has 1 aromatic carbocycles. The summed E-state index contributed by atoms with van der Waals surface area (Å²) in [6.45, 7) is 3.92. The van der Waals surface area contributed by atoms with Crippen LogP contribution in [0.3, 0.4) is 0 Å². The van der Waals surface area contributed by atoms with Gasteiger partial charge in [0.25, 0.3) is 5.56 Å². The first kappa shape index (κ1) is 21.6. The van der Waals surface area contributed by atoms with E-state index in [0.717, 1.165) is 27.7 Å². The number of H-pyrrole nitrogens is 1. The summed E-state index contributed by atoms with van der Waals surface area (Å²) in [5.74, 6) is -0.946. The number of aryl methyl sites for hydroxylation is 1. The largest absolute Gasteiger partial charge is 0.353 e. The molecule has 2 aromatic heterocycles. The van der Waals surface area contributed by atoms with Crippen molar-refractivity contribution >= 4 is 34.6 Å². The molecule has 0 fully saturated rings. The van der Waals surface area contributed by atoms with E-state index in [4.69, 9.17) is 0 Å². The molecule has 0 radical (unpaired) electrons. The fraction of sp³-hybridized carbons (Fsp3) is 0.300. The van der Waals surface area contributed by atoms with E-state index in [1.165, 1.54) is 12.1 Å². The van der Waals surface area contributed by atoms with Gasteiger partial charge in [0.15, 0.2) is 5.16 Å². The first-order valence-corrected chi connectivity index (χ1v) is 10.4. The minimum atomic E-state index is -0.438. The normalized spacial score (nSPS) is 10.9. The van der Waals surface area contributed by atoms with Crippen molar-refractivity contribution in [1.82, 2.24) is 20.0 Å². The van der Waals surface area contributed by atoms with E-state index in [-0.39, 0.29) is 47.0 Å². The molecule has 3 N–H and O–H groups in total.